The first kappa shape index (κ1) is 14.6. The zero-order valence-electron chi connectivity index (χ0n) is 14.3. The molecule has 5 nitrogen and oxygen atoms in total. The standard InChI is InChI=1S/C19H23N3O2/c1-3-8-18-11-21-9-17(2,15(18)23)10-22(12-18)19(21)13-6-4-5-7-14(13)20-16(19)24/h4-7H,3,8-12H2,1-2H3,(H,20,24). The lowest BCUT2D eigenvalue weighted by molar-refractivity contribution is -0.231. The van der Waals surface area contributed by atoms with E-state index >= 15 is 0 Å². The summed E-state index contributed by atoms with van der Waals surface area (Å²) in [5.74, 6) is 0.469. The van der Waals surface area contributed by atoms with Crippen LogP contribution in [0.4, 0.5) is 5.69 Å². The molecule has 1 N–H and O–H groups in total. The van der Waals surface area contributed by atoms with Crippen molar-refractivity contribution in [1.82, 2.24) is 9.80 Å². The number of Topliss-reactive ketones (excluding diaryl/α,β-unsaturated/α-hetero) is 1. The highest BCUT2D eigenvalue weighted by Gasteiger charge is 2.71. The first-order valence-corrected chi connectivity index (χ1v) is 8.92. The first-order valence-electron chi connectivity index (χ1n) is 8.92. The second kappa shape index (κ2) is 4.27. The number of fused-ring (bicyclic) bond motifs is 1. The SMILES string of the molecule is CCCC12CN3CC(C)(CN(C1)C31C(=O)Nc3ccccc31)C2=O. The maximum atomic E-state index is 13.2. The summed E-state index contributed by atoms with van der Waals surface area (Å²) in [7, 11) is 0. The third-order valence-corrected chi connectivity index (χ3v) is 6.61. The molecule has 0 aliphatic carbocycles. The number of amides is 1. The van der Waals surface area contributed by atoms with E-state index in [1.807, 2.05) is 18.2 Å². The van der Waals surface area contributed by atoms with Gasteiger partial charge in [-0.25, -0.2) is 0 Å². The van der Waals surface area contributed by atoms with Crippen LogP contribution in [-0.4, -0.2) is 47.7 Å². The van der Waals surface area contributed by atoms with E-state index < -0.39 is 5.66 Å². The number of nitrogens with zero attached hydrogens (tertiary/aromatic N) is 2. The fourth-order valence-electron chi connectivity index (χ4n) is 5.98. The van der Waals surface area contributed by atoms with Crippen LogP contribution in [0.2, 0.25) is 0 Å². The number of carbonyl (C=O) groups excluding carboxylic acids is 2. The molecule has 6 rings (SSSR count). The van der Waals surface area contributed by atoms with Gasteiger partial charge in [0, 0.05) is 37.4 Å². The van der Waals surface area contributed by atoms with Gasteiger partial charge in [0.1, 0.15) is 5.78 Å². The number of benzene rings is 1. The number of rotatable bonds is 2. The Kier molecular flexibility index (Phi) is 2.60. The van der Waals surface area contributed by atoms with Crippen LogP contribution in [0.15, 0.2) is 24.3 Å². The maximum Gasteiger partial charge on any atom is 0.264 e. The van der Waals surface area contributed by atoms with E-state index in [2.05, 4.69) is 35.0 Å². The van der Waals surface area contributed by atoms with Crippen molar-refractivity contribution in [2.45, 2.75) is 32.4 Å². The highest BCUT2D eigenvalue weighted by Crippen LogP contribution is 2.58. The number of anilines is 1. The van der Waals surface area contributed by atoms with Crippen LogP contribution in [0.3, 0.4) is 0 Å². The summed E-state index contributed by atoms with van der Waals surface area (Å²) in [6, 6.07) is 8.00. The quantitative estimate of drug-likeness (QED) is 0.901. The second-order valence-corrected chi connectivity index (χ2v) is 8.30. The van der Waals surface area contributed by atoms with Crippen LogP contribution in [0.1, 0.15) is 32.3 Å². The van der Waals surface area contributed by atoms with Crippen molar-refractivity contribution in [2.75, 3.05) is 31.5 Å². The van der Waals surface area contributed by atoms with E-state index in [-0.39, 0.29) is 16.7 Å². The second-order valence-electron chi connectivity index (χ2n) is 8.30. The number of carbonyl (C=O) groups is 2. The Morgan fingerprint density at radius 3 is 2.42 bits per heavy atom. The summed E-state index contributed by atoms with van der Waals surface area (Å²) < 4.78 is 0. The molecule has 5 heterocycles. The molecular formula is C19H23N3O2. The van der Waals surface area contributed by atoms with E-state index in [9.17, 15) is 9.59 Å². The number of para-hydroxylation sites is 1. The Morgan fingerprint density at radius 1 is 1.08 bits per heavy atom. The lowest BCUT2D eigenvalue weighted by atomic mass is 9.58. The minimum atomic E-state index is -0.714. The molecular weight excluding hydrogens is 302 g/mol. The summed E-state index contributed by atoms with van der Waals surface area (Å²) in [6.07, 6.45) is 1.91. The smallest absolute Gasteiger partial charge is 0.264 e. The number of hydrogen-bond donors (Lipinski definition) is 1. The molecule has 4 fully saturated rings. The van der Waals surface area contributed by atoms with Crippen LogP contribution in [0.25, 0.3) is 0 Å². The van der Waals surface area contributed by atoms with Gasteiger partial charge in [0.2, 0.25) is 0 Å². The van der Waals surface area contributed by atoms with Gasteiger partial charge >= 0.3 is 0 Å². The van der Waals surface area contributed by atoms with Crippen molar-refractivity contribution in [3.05, 3.63) is 29.8 Å². The molecule has 5 aliphatic heterocycles. The Morgan fingerprint density at radius 2 is 1.75 bits per heavy atom. The fourth-order valence-corrected chi connectivity index (χ4v) is 5.98. The highest BCUT2D eigenvalue weighted by molar-refractivity contribution is 6.07. The van der Waals surface area contributed by atoms with Crippen LogP contribution in [0.5, 0.6) is 0 Å². The summed E-state index contributed by atoms with van der Waals surface area (Å²) in [5.41, 5.74) is 0.596. The fraction of sp³-hybridized carbons (Fsp3) is 0.579. The molecule has 5 aliphatic rings. The Bertz CT molecular complexity index is 756. The molecule has 5 heteroatoms. The molecule has 4 saturated heterocycles. The number of ketones is 1. The summed E-state index contributed by atoms with van der Waals surface area (Å²) in [4.78, 5) is 30.9. The minimum Gasteiger partial charge on any atom is -0.323 e. The first-order chi connectivity index (χ1) is 11.5. The topological polar surface area (TPSA) is 52.6 Å². The van der Waals surface area contributed by atoms with Crippen molar-refractivity contribution < 1.29 is 9.59 Å². The molecule has 1 aromatic carbocycles. The normalized spacial score (nSPS) is 44.9. The van der Waals surface area contributed by atoms with Crippen LogP contribution in [0, 0.1) is 10.8 Å². The minimum absolute atomic E-state index is 0.0465. The van der Waals surface area contributed by atoms with Gasteiger partial charge in [-0.1, -0.05) is 38.5 Å². The molecule has 0 radical (unpaired) electrons. The van der Waals surface area contributed by atoms with E-state index in [0.29, 0.717) is 32.0 Å². The van der Waals surface area contributed by atoms with E-state index in [0.717, 1.165) is 24.1 Å². The van der Waals surface area contributed by atoms with E-state index in [4.69, 9.17) is 0 Å². The van der Waals surface area contributed by atoms with Crippen molar-refractivity contribution in [3.63, 3.8) is 0 Å². The molecule has 126 valence electrons. The zero-order valence-corrected chi connectivity index (χ0v) is 14.3. The number of hydrogen-bond acceptors (Lipinski definition) is 4. The van der Waals surface area contributed by atoms with Gasteiger partial charge < -0.3 is 5.32 Å². The molecule has 1 aromatic rings. The molecule has 4 bridgehead atoms. The monoisotopic (exact) mass is 325 g/mol. The van der Waals surface area contributed by atoms with Crippen molar-refractivity contribution >= 4 is 17.4 Å². The Balaban J connectivity index is 1.69. The average molecular weight is 325 g/mol. The van der Waals surface area contributed by atoms with Crippen LogP contribution in [-0.2, 0) is 15.3 Å². The van der Waals surface area contributed by atoms with Crippen molar-refractivity contribution in [3.8, 4) is 0 Å². The predicted octanol–water partition coefficient (Wildman–Crippen LogP) is 1.80. The lowest BCUT2D eigenvalue weighted by Crippen LogP contribution is -2.83. The lowest BCUT2D eigenvalue weighted by Gasteiger charge is -2.68. The van der Waals surface area contributed by atoms with Gasteiger partial charge in [0.05, 0.1) is 10.8 Å². The van der Waals surface area contributed by atoms with Crippen LogP contribution >= 0.6 is 0 Å². The molecule has 1 spiro atoms. The van der Waals surface area contributed by atoms with Gasteiger partial charge in [-0.05, 0) is 12.5 Å². The molecule has 0 aromatic heterocycles. The van der Waals surface area contributed by atoms with Crippen molar-refractivity contribution in [1.29, 1.82) is 0 Å². The summed E-state index contributed by atoms with van der Waals surface area (Å²) in [6.45, 7) is 6.99. The predicted molar refractivity (Wildman–Crippen MR) is 90.4 cm³/mol. The number of piperidine rings is 2. The highest BCUT2D eigenvalue weighted by atomic mass is 16.2. The molecule has 24 heavy (non-hydrogen) atoms. The van der Waals surface area contributed by atoms with Gasteiger partial charge in [0.25, 0.3) is 5.91 Å². The van der Waals surface area contributed by atoms with Gasteiger partial charge in [-0.3, -0.25) is 19.4 Å². The molecule has 1 amide bonds. The largest absolute Gasteiger partial charge is 0.323 e. The van der Waals surface area contributed by atoms with E-state index in [1.165, 1.54) is 0 Å². The number of nitrogens with one attached hydrogen (secondary N) is 1. The molecule has 0 saturated carbocycles. The van der Waals surface area contributed by atoms with Crippen LogP contribution < -0.4 is 5.32 Å². The summed E-state index contributed by atoms with van der Waals surface area (Å²) in [5, 5.41) is 3.08. The third-order valence-electron chi connectivity index (χ3n) is 6.61. The van der Waals surface area contributed by atoms with Gasteiger partial charge in [0.15, 0.2) is 5.66 Å². The molecule has 2 unspecified atom stereocenters. The van der Waals surface area contributed by atoms with Gasteiger partial charge in [-0.15, -0.1) is 0 Å². The summed E-state index contributed by atoms with van der Waals surface area (Å²) >= 11 is 0. The maximum absolute atomic E-state index is 13.2. The zero-order chi connectivity index (χ0) is 16.7. The van der Waals surface area contributed by atoms with E-state index in [1.54, 1.807) is 0 Å². The average Bonchev–Trinajstić information content (AvgIpc) is 2.82. The van der Waals surface area contributed by atoms with Gasteiger partial charge in [-0.2, -0.15) is 0 Å². The Hall–Kier alpha value is -1.72. The Labute approximate surface area is 142 Å². The molecule has 2 atom stereocenters. The van der Waals surface area contributed by atoms with Crippen molar-refractivity contribution in [2.24, 2.45) is 10.8 Å². The third kappa shape index (κ3) is 1.40.